The largest absolute Gasteiger partial charge is 0.481 e. The highest BCUT2D eigenvalue weighted by molar-refractivity contribution is 7.99. The van der Waals surface area contributed by atoms with Gasteiger partial charge in [-0.15, -0.1) is 0 Å². The Bertz CT molecular complexity index is 1590. The van der Waals surface area contributed by atoms with Crippen LogP contribution in [0, 0.1) is 17.3 Å². The minimum absolute atomic E-state index is 0.0280. The third-order valence-corrected chi connectivity index (χ3v) is 14.0. The maximum atomic E-state index is 14.2. The molecule has 2 saturated heterocycles. The molecule has 0 radical (unpaired) electrons. The van der Waals surface area contributed by atoms with Crippen molar-refractivity contribution >= 4 is 40.7 Å². The van der Waals surface area contributed by atoms with Gasteiger partial charge in [-0.25, -0.2) is 23.1 Å². The molecule has 1 aromatic heterocycles. The Morgan fingerprint density at radius 2 is 1.86 bits per heavy atom. The van der Waals surface area contributed by atoms with Gasteiger partial charge in [0.15, 0.2) is 5.16 Å². The van der Waals surface area contributed by atoms with Gasteiger partial charge in [-0.3, -0.25) is 9.59 Å². The van der Waals surface area contributed by atoms with Crippen molar-refractivity contribution in [2.24, 2.45) is 17.3 Å². The second-order valence-electron chi connectivity index (χ2n) is 15.2. The molecule has 5 fully saturated rings. The van der Waals surface area contributed by atoms with E-state index in [-0.39, 0.29) is 35.5 Å². The molecule has 2 N–H and O–H groups in total. The Balaban J connectivity index is 1.17. The third kappa shape index (κ3) is 8.09. The van der Waals surface area contributed by atoms with Crippen LogP contribution in [0.15, 0.2) is 53.9 Å². The Morgan fingerprint density at radius 1 is 1.10 bits per heavy atom. The average molecular weight is 726 g/mol. The summed E-state index contributed by atoms with van der Waals surface area (Å²) in [5.41, 5.74) is 0.607. The number of nitrogens with one attached hydrogen (secondary N) is 2. The number of rotatable bonds is 16. The first-order valence-electron chi connectivity index (χ1n) is 18.3. The molecule has 3 aliphatic carbocycles. The minimum Gasteiger partial charge on any atom is -0.404 e. The molecule has 5 aliphatic rings. The molecule has 7 rings (SSSR count). The number of likely N-dealkylation sites (tertiary alicyclic amines) is 1. The van der Waals surface area contributed by atoms with Gasteiger partial charge in [-0.2, -0.15) is 0 Å². The summed E-state index contributed by atoms with van der Waals surface area (Å²) in [7, 11) is -4.31. The van der Waals surface area contributed by atoms with Gasteiger partial charge in [-0.1, -0.05) is 69.3 Å². The molecule has 2 bridgehead atoms. The first kappa shape index (κ1) is 37.2. The van der Waals surface area contributed by atoms with E-state index in [0.29, 0.717) is 49.2 Å². The molecular weight excluding hydrogens is 673 g/mol. The lowest BCUT2D eigenvalue weighted by Gasteiger charge is -2.64. The fourth-order valence-electron chi connectivity index (χ4n) is 8.60. The molecule has 2 aromatic rings. The number of hydrogen-bond acceptors (Lipinski definition) is 9. The van der Waals surface area contributed by atoms with Gasteiger partial charge >= 0.3 is 7.12 Å². The fourth-order valence-corrected chi connectivity index (χ4v) is 10.8. The zero-order chi connectivity index (χ0) is 35.5. The number of sulfonamides is 1. The number of carbonyl (C=O) groups excluding carboxylic acids is 2. The zero-order valence-corrected chi connectivity index (χ0v) is 31.4. The number of nitrogens with zero attached hydrogens (tertiary/aromatic N) is 3. The molecule has 0 spiro atoms. The second-order valence-corrected chi connectivity index (χ2v) is 18.1. The van der Waals surface area contributed by atoms with Crippen molar-refractivity contribution in [2.75, 3.05) is 18.1 Å². The Hall–Kier alpha value is -2.52. The molecule has 272 valence electrons. The number of thioether (sulfide) groups is 1. The molecular formula is C36H52BN5O6S2. The topological polar surface area (TPSA) is 140 Å². The van der Waals surface area contributed by atoms with Crippen molar-refractivity contribution in [1.82, 2.24) is 24.9 Å². The molecule has 1 aromatic carbocycles. The van der Waals surface area contributed by atoms with Crippen molar-refractivity contribution in [1.29, 1.82) is 0 Å². The van der Waals surface area contributed by atoms with E-state index in [9.17, 15) is 18.0 Å². The number of benzene rings is 1. The molecule has 3 heterocycles. The highest BCUT2D eigenvalue weighted by Gasteiger charge is 2.68. The van der Waals surface area contributed by atoms with E-state index in [4.69, 9.17) is 9.31 Å². The predicted molar refractivity (Wildman–Crippen MR) is 195 cm³/mol. The van der Waals surface area contributed by atoms with E-state index in [1.165, 1.54) is 0 Å². The van der Waals surface area contributed by atoms with Crippen LogP contribution in [0.5, 0.6) is 0 Å². The van der Waals surface area contributed by atoms with Crippen molar-refractivity contribution in [3.63, 3.8) is 0 Å². The number of carbonyl (C=O) groups is 2. The Kier molecular flexibility index (Phi) is 11.6. The Morgan fingerprint density at radius 3 is 2.58 bits per heavy atom. The standard InChI is InChI=1S/C36H52BN5O6S2/c1-5-6-21-50(45,46)41-27(22-25-13-8-7-9-14-25)33(44)42-19-10-15-28(42)32(43)40-31(16-11-20-49-34-38-17-12-18-39-34)37-47-30-24-26-23-29(35(26,2)3)36(30,4)48-37/h7-9,12-14,17-18,26-31,41H,5-6,10-11,15-16,19-24H2,1-4H3,(H,40,43)/t26?,27-,28+,29?,30-,31+,36+/m1/s1. The average Bonchev–Trinajstić information content (AvgIpc) is 3.73. The van der Waals surface area contributed by atoms with E-state index in [2.05, 4.69) is 40.8 Å². The molecule has 14 heteroatoms. The third-order valence-electron chi connectivity index (χ3n) is 11.6. The van der Waals surface area contributed by atoms with E-state index < -0.39 is 40.8 Å². The van der Waals surface area contributed by atoms with Gasteiger partial charge in [0, 0.05) is 24.7 Å². The van der Waals surface area contributed by atoms with E-state index in [1.807, 2.05) is 37.3 Å². The van der Waals surface area contributed by atoms with E-state index in [0.717, 1.165) is 37.0 Å². The summed E-state index contributed by atoms with van der Waals surface area (Å²) in [6, 6.07) is 9.44. The van der Waals surface area contributed by atoms with Crippen LogP contribution < -0.4 is 10.0 Å². The summed E-state index contributed by atoms with van der Waals surface area (Å²) >= 11 is 1.57. The van der Waals surface area contributed by atoms with Crippen LogP contribution in [0.3, 0.4) is 0 Å². The lowest BCUT2D eigenvalue weighted by Crippen LogP contribution is -2.65. The Labute approximate surface area is 302 Å². The maximum Gasteiger partial charge on any atom is 0.481 e. The summed E-state index contributed by atoms with van der Waals surface area (Å²) in [4.78, 5) is 38.5. The summed E-state index contributed by atoms with van der Waals surface area (Å²) in [6.45, 7) is 9.14. The monoisotopic (exact) mass is 725 g/mol. The molecule has 2 amide bonds. The normalized spacial score (nSPS) is 28.1. The SMILES string of the molecule is CCCCS(=O)(=O)N[C@H](Cc1ccccc1)C(=O)N1CCC[C@H]1C(=O)N[C@@H](CCCSc1ncccn1)B1O[C@@H]2CC3CC(C3(C)C)[C@]2(C)O1. The lowest BCUT2D eigenvalue weighted by molar-refractivity contribution is -0.199. The minimum atomic E-state index is -3.71. The summed E-state index contributed by atoms with van der Waals surface area (Å²) in [6.07, 6.45) is 9.45. The van der Waals surface area contributed by atoms with Gasteiger partial charge < -0.3 is 19.5 Å². The number of amides is 2. The number of unbranched alkanes of at least 4 members (excludes halogenated alkanes) is 1. The van der Waals surface area contributed by atoms with Crippen LogP contribution in [0.1, 0.15) is 84.6 Å². The van der Waals surface area contributed by atoms with Gasteiger partial charge in [0.1, 0.15) is 12.1 Å². The van der Waals surface area contributed by atoms with Crippen molar-refractivity contribution in [2.45, 2.75) is 120 Å². The van der Waals surface area contributed by atoms with Crippen LogP contribution in [-0.4, -0.2) is 90.0 Å². The van der Waals surface area contributed by atoms with Crippen molar-refractivity contribution in [3.8, 4) is 0 Å². The summed E-state index contributed by atoms with van der Waals surface area (Å²) in [5.74, 6) is 0.631. The van der Waals surface area contributed by atoms with E-state index in [1.54, 1.807) is 35.1 Å². The molecule has 11 nitrogen and oxygen atoms in total. The number of aromatic nitrogens is 2. The van der Waals surface area contributed by atoms with E-state index >= 15 is 0 Å². The van der Waals surface area contributed by atoms with Crippen LogP contribution >= 0.6 is 11.8 Å². The van der Waals surface area contributed by atoms with Crippen LogP contribution in [0.2, 0.25) is 0 Å². The van der Waals surface area contributed by atoms with Crippen molar-refractivity contribution in [3.05, 3.63) is 54.4 Å². The first-order chi connectivity index (χ1) is 23.9. The smallest absolute Gasteiger partial charge is 0.404 e. The van der Waals surface area contributed by atoms with Gasteiger partial charge in [-0.05, 0) is 87.2 Å². The van der Waals surface area contributed by atoms with Gasteiger partial charge in [0.25, 0.3) is 0 Å². The first-order valence-corrected chi connectivity index (χ1v) is 20.9. The lowest BCUT2D eigenvalue weighted by atomic mass is 9.43. The number of hydrogen-bond donors (Lipinski definition) is 2. The quantitative estimate of drug-likeness (QED) is 0.111. The second kappa shape index (κ2) is 15.6. The predicted octanol–water partition coefficient (Wildman–Crippen LogP) is 4.42. The van der Waals surface area contributed by atoms with Crippen LogP contribution in [0.4, 0.5) is 0 Å². The summed E-state index contributed by atoms with van der Waals surface area (Å²) in [5, 5.41) is 3.97. The fraction of sp³-hybridized carbons (Fsp3) is 0.667. The van der Waals surface area contributed by atoms with Crippen LogP contribution in [0.25, 0.3) is 0 Å². The highest BCUT2D eigenvalue weighted by Crippen LogP contribution is 2.65. The summed E-state index contributed by atoms with van der Waals surface area (Å²) < 4.78 is 42.2. The highest BCUT2D eigenvalue weighted by atomic mass is 32.2. The molecule has 50 heavy (non-hydrogen) atoms. The molecule has 2 unspecified atom stereocenters. The molecule has 7 atom stereocenters. The van der Waals surface area contributed by atoms with Crippen LogP contribution in [-0.2, 0) is 35.3 Å². The van der Waals surface area contributed by atoms with Gasteiger partial charge in [0.05, 0.1) is 23.4 Å². The zero-order valence-electron chi connectivity index (χ0n) is 29.8. The van der Waals surface area contributed by atoms with Crippen molar-refractivity contribution < 1.29 is 27.3 Å². The maximum absolute atomic E-state index is 14.2. The molecule has 2 aliphatic heterocycles. The van der Waals surface area contributed by atoms with Gasteiger partial charge in [0.2, 0.25) is 21.8 Å². The molecule has 3 saturated carbocycles.